The van der Waals surface area contributed by atoms with Gasteiger partial charge in [-0.1, -0.05) is 108 Å². The van der Waals surface area contributed by atoms with Crippen LogP contribution in [0.2, 0.25) is 10.0 Å². The molecule has 4 aromatic rings. The fraction of sp³-hybridized carbons (Fsp3) is 0.219. The van der Waals surface area contributed by atoms with Gasteiger partial charge in [0, 0.05) is 26.2 Å². The van der Waals surface area contributed by atoms with E-state index < -0.39 is 16.6 Å². The van der Waals surface area contributed by atoms with Gasteiger partial charge < -0.3 is 4.90 Å². The molecule has 212 valence electrons. The summed E-state index contributed by atoms with van der Waals surface area (Å²) in [6, 6.07) is 32.0. The lowest BCUT2D eigenvalue weighted by Gasteiger charge is -2.40. The Morgan fingerprint density at radius 1 is 0.780 bits per heavy atom. The van der Waals surface area contributed by atoms with Gasteiger partial charge in [-0.2, -0.15) is 0 Å². The second kappa shape index (κ2) is 12.7. The molecular formula is C32H31Cl2N3O3S. The molecule has 5 rings (SSSR count). The molecule has 41 heavy (non-hydrogen) atoms. The second-order valence-electron chi connectivity index (χ2n) is 10.0. The highest BCUT2D eigenvalue weighted by Crippen LogP contribution is 2.36. The number of halogens is 2. The van der Waals surface area contributed by atoms with Gasteiger partial charge in [0.1, 0.15) is 6.54 Å². The molecule has 0 radical (unpaired) electrons. The van der Waals surface area contributed by atoms with E-state index in [1.807, 2.05) is 43.3 Å². The van der Waals surface area contributed by atoms with Crippen molar-refractivity contribution in [2.45, 2.75) is 17.9 Å². The Balaban J connectivity index is 1.37. The van der Waals surface area contributed by atoms with E-state index in [1.54, 1.807) is 35.2 Å². The smallest absolute Gasteiger partial charge is 0.264 e. The van der Waals surface area contributed by atoms with E-state index in [0.717, 1.165) is 9.87 Å². The lowest BCUT2D eigenvalue weighted by molar-refractivity contribution is -0.131. The van der Waals surface area contributed by atoms with Crippen molar-refractivity contribution in [3.8, 4) is 0 Å². The molecule has 0 saturated carbocycles. The van der Waals surface area contributed by atoms with Crippen molar-refractivity contribution in [3.63, 3.8) is 0 Å². The maximum absolute atomic E-state index is 13.8. The van der Waals surface area contributed by atoms with Crippen molar-refractivity contribution < 1.29 is 13.2 Å². The number of carbonyl (C=O) groups is 1. The third-order valence-corrected chi connectivity index (χ3v) is 9.93. The lowest BCUT2D eigenvalue weighted by atomic mass is 9.96. The van der Waals surface area contributed by atoms with E-state index in [-0.39, 0.29) is 32.6 Å². The van der Waals surface area contributed by atoms with E-state index >= 15 is 0 Å². The number of hydrogen-bond donors (Lipinski definition) is 0. The van der Waals surface area contributed by atoms with Gasteiger partial charge in [-0.3, -0.25) is 14.0 Å². The first-order valence-electron chi connectivity index (χ1n) is 13.4. The minimum Gasteiger partial charge on any atom is -0.339 e. The Morgan fingerprint density at radius 3 is 1.90 bits per heavy atom. The molecule has 1 fully saturated rings. The van der Waals surface area contributed by atoms with Gasteiger partial charge in [-0.25, -0.2) is 8.42 Å². The Hall–Kier alpha value is -3.36. The monoisotopic (exact) mass is 607 g/mol. The zero-order chi connectivity index (χ0) is 29.0. The Bertz CT molecular complexity index is 1550. The minimum absolute atomic E-state index is 0.0540. The van der Waals surface area contributed by atoms with Crippen molar-refractivity contribution in [2.75, 3.05) is 37.0 Å². The highest BCUT2D eigenvalue weighted by Gasteiger charge is 2.33. The summed E-state index contributed by atoms with van der Waals surface area (Å²) >= 11 is 12.7. The molecule has 0 N–H and O–H groups in total. The molecule has 4 aromatic carbocycles. The number of rotatable bonds is 8. The highest BCUT2D eigenvalue weighted by molar-refractivity contribution is 7.92. The second-order valence-corrected chi connectivity index (χ2v) is 12.7. The van der Waals surface area contributed by atoms with Gasteiger partial charge in [-0.15, -0.1) is 0 Å². The molecule has 1 aliphatic heterocycles. The van der Waals surface area contributed by atoms with Crippen LogP contribution in [0.15, 0.2) is 108 Å². The van der Waals surface area contributed by atoms with Crippen LogP contribution in [-0.2, 0) is 14.8 Å². The molecule has 0 spiro atoms. The van der Waals surface area contributed by atoms with Crippen molar-refractivity contribution in [1.82, 2.24) is 9.80 Å². The van der Waals surface area contributed by atoms with Crippen molar-refractivity contribution >= 4 is 44.8 Å². The standard InChI is InChI=1S/C32H31Cl2N3O3S/c1-24-15-17-27(18-16-24)41(39,40)37(29-14-8-13-28(33)31(29)34)23-30(38)35-19-21-36(22-20-35)32(25-9-4-2-5-10-25)26-11-6-3-7-12-26/h2-18,32H,19-23H2,1H3. The molecule has 1 amide bonds. The Morgan fingerprint density at radius 2 is 1.34 bits per heavy atom. The van der Waals surface area contributed by atoms with Crippen molar-refractivity contribution in [3.05, 3.63) is 130 Å². The summed E-state index contributed by atoms with van der Waals surface area (Å²) < 4.78 is 28.7. The van der Waals surface area contributed by atoms with Crippen LogP contribution < -0.4 is 4.31 Å². The molecule has 0 aliphatic carbocycles. The van der Waals surface area contributed by atoms with Crippen LogP contribution in [0, 0.1) is 6.92 Å². The first-order chi connectivity index (χ1) is 19.8. The van der Waals surface area contributed by atoms with Crippen LogP contribution in [0.1, 0.15) is 22.7 Å². The molecule has 1 aliphatic rings. The predicted octanol–water partition coefficient (Wildman–Crippen LogP) is 6.43. The van der Waals surface area contributed by atoms with Crippen molar-refractivity contribution in [1.29, 1.82) is 0 Å². The third kappa shape index (κ3) is 6.44. The van der Waals surface area contributed by atoms with E-state index in [0.29, 0.717) is 26.2 Å². The van der Waals surface area contributed by atoms with Gasteiger partial charge in [0.2, 0.25) is 5.91 Å². The molecular weight excluding hydrogens is 577 g/mol. The topological polar surface area (TPSA) is 60.9 Å². The summed E-state index contributed by atoms with van der Waals surface area (Å²) in [6.07, 6.45) is 0. The number of sulfonamides is 1. The number of aryl methyl sites for hydroxylation is 1. The zero-order valence-corrected chi connectivity index (χ0v) is 25.0. The first kappa shape index (κ1) is 29.1. The predicted molar refractivity (Wildman–Crippen MR) is 165 cm³/mol. The van der Waals surface area contributed by atoms with Crippen LogP contribution >= 0.6 is 23.2 Å². The fourth-order valence-electron chi connectivity index (χ4n) is 5.16. The van der Waals surface area contributed by atoms with Crippen LogP contribution in [0.5, 0.6) is 0 Å². The Labute approximate surface area is 251 Å². The van der Waals surface area contributed by atoms with Crippen LogP contribution in [0.4, 0.5) is 5.69 Å². The number of piperazine rings is 1. The summed E-state index contributed by atoms with van der Waals surface area (Å²) in [5.74, 6) is -0.299. The molecule has 0 atom stereocenters. The molecule has 6 nitrogen and oxygen atoms in total. The summed E-state index contributed by atoms with van der Waals surface area (Å²) in [5, 5.41) is 0.290. The number of benzene rings is 4. The molecule has 0 aromatic heterocycles. The number of hydrogen-bond acceptors (Lipinski definition) is 4. The van der Waals surface area contributed by atoms with E-state index in [4.69, 9.17) is 23.2 Å². The normalized spacial score (nSPS) is 14.3. The number of nitrogens with zero attached hydrogens (tertiary/aromatic N) is 3. The van der Waals surface area contributed by atoms with E-state index in [9.17, 15) is 13.2 Å². The lowest BCUT2D eigenvalue weighted by Crippen LogP contribution is -2.52. The zero-order valence-electron chi connectivity index (χ0n) is 22.7. The Kier molecular flexibility index (Phi) is 9.00. The number of carbonyl (C=O) groups excluding carboxylic acids is 1. The summed E-state index contributed by atoms with van der Waals surface area (Å²) in [5.41, 5.74) is 3.46. The van der Waals surface area contributed by atoms with E-state index in [1.165, 1.54) is 23.3 Å². The van der Waals surface area contributed by atoms with Gasteiger partial charge in [0.05, 0.1) is 26.7 Å². The number of anilines is 1. The maximum Gasteiger partial charge on any atom is 0.264 e. The summed E-state index contributed by atoms with van der Waals surface area (Å²) in [6.45, 7) is 3.71. The SMILES string of the molecule is Cc1ccc(S(=O)(=O)N(CC(=O)N2CCN(C(c3ccccc3)c3ccccc3)CC2)c2cccc(Cl)c2Cl)cc1. The highest BCUT2D eigenvalue weighted by atomic mass is 35.5. The first-order valence-corrected chi connectivity index (χ1v) is 15.6. The maximum atomic E-state index is 13.8. The molecule has 0 unspecified atom stereocenters. The van der Waals surface area contributed by atoms with Gasteiger partial charge in [0.25, 0.3) is 10.0 Å². The van der Waals surface area contributed by atoms with Gasteiger partial charge in [0.15, 0.2) is 0 Å². The van der Waals surface area contributed by atoms with Gasteiger partial charge in [-0.05, 0) is 42.3 Å². The minimum atomic E-state index is -4.11. The summed E-state index contributed by atoms with van der Waals surface area (Å²) in [4.78, 5) is 17.8. The number of amides is 1. The average molecular weight is 609 g/mol. The summed E-state index contributed by atoms with van der Waals surface area (Å²) in [7, 11) is -4.11. The molecule has 9 heteroatoms. The van der Waals surface area contributed by atoms with E-state index in [2.05, 4.69) is 29.2 Å². The third-order valence-electron chi connectivity index (χ3n) is 7.35. The average Bonchev–Trinajstić information content (AvgIpc) is 2.99. The molecule has 1 saturated heterocycles. The quantitative estimate of drug-likeness (QED) is 0.231. The van der Waals surface area contributed by atoms with Crippen molar-refractivity contribution in [2.24, 2.45) is 0 Å². The largest absolute Gasteiger partial charge is 0.339 e. The molecule has 0 bridgehead atoms. The fourth-order valence-corrected chi connectivity index (χ4v) is 7.03. The molecule has 1 heterocycles. The van der Waals surface area contributed by atoms with Crippen LogP contribution in [0.3, 0.4) is 0 Å². The van der Waals surface area contributed by atoms with Crippen LogP contribution in [0.25, 0.3) is 0 Å². The van der Waals surface area contributed by atoms with Crippen LogP contribution in [-0.4, -0.2) is 56.8 Å². The van der Waals surface area contributed by atoms with Gasteiger partial charge >= 0.3 is 0 Å².